The van der Waals surface area contributed by atoms with Gasteiger partial charge in [0.25, 0.3) is 0 Å². The SMILES string of the molecule is CC(C)(C)c1csc(CC2CCCCCC2CN)n1. The molecule has 1 aliphatic carbocycles. The third-order valence-electron chi connectivity index (χ3n) is 4.38. The van der Waals surface area contributed by atoms with E-state index in [0.717, 1.165) is 18.9 Å². The van der Waals surface area contributed by atoms with Crippen LogP contribution in [0.3, 0.4) is 0 Å². The Morgan fingerprint density at radius 2 is 1.89 bits per heavy atom. The van der Waals surface area contributed by atoms with Gasteiger partial charge in [-0.05, 0) is 31.2 Å². The highest BCUT2D eigenvalue weighted by molar-refractivity contribution is 7.09. The lowest BCUT2D eigenvalue weighted by Gasteiger charge is -2.22. The molecule has 2 rings (SSSR count). The van der Waals surface area contributed by atoms with Crippen LogP contribution in [-0.2, 0) is 11.8 Å². The number of rotatable bonds is 3. The first-order chi connectivity index (χ1) is 9.00. The van der Waals surface area contributed by atoms with Gasteiger partial charge < -0.3 is 5.73 Å². The number of hydrogen-bond donors (Lipinski definition) is 1. The zero-order chi connectivity index (χ0) is 13.9. The monoisotopic (exact) mass is 280 g/mol. The van der Waals surface area contributed by atoms with Crippen molar-refractivity contribution in [2.45, 2.75) is 64.7 Å². The first-order valence-electron chi connectivity index (χ1n) is 7.65. The van der Waals surface area contributed by atoms with Crippen LogP contribution in [0.1, 0.15) is 63.6 Å². The number of nitrogens with zero attached hydrogens (tertiary/aromatic N) is 1. The van der Waals surface area contributed by atoms with Crippen LogP contribution in [0.25, 0.3) is 0 Å². The molecular weight excluding hydrogens is 252 g/mol. The normalized spacial score (nSPS) is 25.3. The van der Waals surface area contributed by atoms with Gasteiger partial charge in [0.05, 0.1) is 10.7 Å². The van der Waals surface area contributed by atoms with E-state index >= 15 is 0 Å². The molecule has 1 aromatic heterocycles. The van der Waals surface area contributed by atoms with Gasteiger partial charge in [0, 0.05) is 17.2 Å². The van der Waals surface area contributed by atoms with E-state index < -0.39 is 0 Å². The van der Waals surface area contributed by atoms with Crippen molar-refractivity contribution in [2.75, 3.05) is 6.54 Å². The molecule has 1 heterocycles. The second-order valence-corrected chi connectivity index (χ2v) is 7.92. The minimum absolute atomic E-state index is 0.172. The number of thiazole rings is 1. The molecule has 0 saturated heterocycles. The fourth-order valence-corrected chi connectivity index (χ4v) is 4.13. The molecule has 2 nitrogen and oxygen atoms in total. The maximum atomic E-state index is 5.97. The van der Waals surface area contributed by atoms with Gasteiger partial charge in [0.2, 0.25) is 0 Å². The van der Waals surface area contributed by atoms with Crippen LogP contribution in [0, 0.1) is 11.8 Å². The maximum absolute atomic E-state index is 5.97. The number of nitrogens with two attached hydrogens (primary N) is 1. The summed E-state index contributed by atoms with van der Waals surface area (Å²) in [6, 6.07) is 0. The smallest absolute Gasteiger partial charge is 0.0931 e. The number of hydrogen-bond acceptors (Lipinski definition) is 3. The van der Waals surface area contributed by atoms with Gasteiger partial charge in [-0.15, -0.1) is 11.3 Å². The Bertz CT molecular complexity index is 392. The summed E-state index contributed by atoms with van der Waals surface area (Å²) in [5.74, 6) is 1.47. The Morgan fingerprint density at radius 3 is 2.47 bits per heavy atom. The van der Waals surface area contributed by atoms with Gasteiger partial charge >= 0.3 is 0 Å². The van der Waals surface area contributed by atoms with E-state index in [1.165, 1.54) is 42.8 Å². The summed E-state index contributed by atoms with van der Waals surface area (Å²) in [5, 5.41) is 3.55. The Morgan fingerprint density at radius 1 is 1.21 bits per heavy atom. The molecule has 0 amide bonds. The second kappa shape index (κ2) is 6.36. The molecule has 0 aliphatic heterocycles. The van der Waals surface area contributed by atoms with Crippen molar-refractivity contribution >= 4 is 11.3 Å². The van der Waals surface area contributed by atoms with E-state index in [2.05, 4.69) is 26.2 Å². The molecule has 0 spiro atoms. The summed E-state index contributed by atoms with van der Waals surface area (Å²) < 4.78 is 0. The molecule has 2 atom stereocenters. The van der Waals surface area contributed by atoms with Gasteiger partial charge in [0.1, 0.15) is 0 Å². The molecule has 1 fully saturated rings. The van der Waals surface area contributed by atoms with Gasteiger partial charge in [-0.25, -0.2) is 4.98 Å². The van der Waals surface area contributed by atoms with Crippen LogP contribution >= 0.6 is 11.3 Å². The molecule has 0 bridgehead atoms. The lowest BCUT2D eigenvalue weighted by atomic mass is 9.85. The predicted octanol–water partition coefficient (Wildman–Crippen LogP) is 4.14. The molecule has 2 unspecified atom stereocenters. The maximum Gasteiger partial charge on any atom is 0.0931 e. The topological polar surface area (TPSA) is 38.9 Å². The molecule has 1 aliphatic rings. The van der Waals surface area contributed by atoms with Crippen molar-refractivity contribution in [2.24, 2.45) is 17.6 Å². The molecule has 0 radical (unpaired) electrons. The standard InChI is InChI=1S/C16H28N2S/c1-16(2,3)14-11-19-15(18-14)9-12-7-5-4-6-8-13(12)10-17/h11-13H,4-10,17H2,1-3H3. The summed E-state index contributed by atoms with van der Waals surface area (Å²) in [7, 11) is 0. The Hall–Kier alpha value is -0.410. The molecular formula is C16H28N2S. The zero-order valence-corrected chi connectivity index (χ0v) is 13.4. The quantitative estimate of drug-likeness (QED) is 0.845. The Labute approximate surface area is 121 Å². The van der Waals surface area contributed by atoms with Crippen LogP contribution in [0.2, 0.25) is 0 Å². The van der Waals surface area contributed by atoms with Gasteiger partial charge in [0.15, 0.2) is 0 Å². The zero-order valence-electron chi connectivity index (χ0n) is 12.6. The minimum atomic E-state index is 0.172. The van der Waals surface area contributed by atoms with Crippen molar-refractivity contribution in [3.05, 3.63) is 16.1 Å². The Balaban J connectivity index is 2.04. The van der Waals surface area contributed by atoms with Crippen LogP contribution in [0.15, 0.2) is 5.38 Å². The van der Waals surface area contributed by atoms with Crippen molar-refractivity contribution in [1.82, 2.24) is 4.98 Å². The first-order valence-corrected chi connectivity index (χ1v) is 8.53. The minimum Gasteiger partial charge on any atom is -0.330 e. The summed E-state index contributed by atoms with van der Waals surface area (Å²) in [4.78, 5) is 4.85. The fraction of sp³-hybridized carbons (Fsp3) is 0.812. The largest absolute Gasteiger partial charge is 0.330 e. The highest BCUT2D eigenvalue weighted by Gasteiger charge is 2.25. The van der Waals surface area contributed by atoms with Gasteiger partial charge in [-0.2, -0.15) is 0 Å². The highest BCUT2D eigenvalue weighted by atomic mass is 32.1. The third-order valence-corrected chi connectivity index (χ3v) is 5.25. The Kier molecular flexibility index (Phi) is 5.02. The van der Waals surface area contributed by atoms with Crippen molar-refractivity contribution in [1.29, 1.82) is 0 Å². The molecule has 1 saturated carbocycles. The third kappa shape index (κ3) is 4.03. The van der Waals surface area contributed by atoms with E-state index in [1.807, 2.05) is 11.3 Å². The van der Waals surface area contributed by atoms with Crippen molar-refractivity contribution in [3.8, 4) is 0 Å². The van der Waals surface area contributed by atoms with E-state index in [0.29, 0.717) is 5.92 Å². The molecule has 108 valence electrons. The molecule has 3 heteroatoms. The molecule has 19 heavy (non-hydrogen) atoms. The first kappa shape index (κ1) is 15.0. The molecule has 0 aromatic carbocycles. The fourth-order valence-electron chi connectivity index (χ4n) is 3.01. The summed E-state index contributed by atoms with van der Waals surface area (Å²) >= 11 is 1.84. The van der Waals surface area contributed by atoms with Crippen LogP contribution in [0.4, 0.5) is 0 Å². The average molecular weight is 280 g/mol. The second-order valence-electron chi connectivity index (χ2n) is 6.97. The van der Waals surface area contributed by atoms with Crippen molar-refractivity contribution in [3.63, 3.8) is 0 Å². The van der Waals surface area contributed by atoms with Crippen LogP contribution in [-0.4, -0.2) is 11.5 Å². The molecule has 1 aromatic rings. The summed E-state index contributed by atoms with van der Waals surface area (Å²) in [6.07, 6.45) is 7.92. The number of aromatic nitrogens is 1. The predicted molar refractivity (Wildman–Crippen MR) is 83.6 cm³/mol. The summed E-state index contributed by atoms with van der Waals surface area (Å²) in [5.41, 5.74) is 7.39. The van der Waals surface area contributed by atoms with Gasteiger partial charge in [-0.1, -0.05) is 40.0 Å². The molecule has 2 N–H and O–H groups in total. The van der Waals surface area contributed by atoms with E-state index in [4.69, 9.17) is 10.7 Å². The van der Waals surface area contributed by atoms with Crippen LogP contribution < -0.4 is 5.73 Å². The summed E-state index contributed by atoms with van der Waals surface area (Å²) in [6.45, 7) is 7.56. The van der Waals surface area contributed by atoms with E-state index in [-0.39, 0.29) is 5.41 Å². The lowest BCUT2D eigenvalue weighted by Crippen LogP contribution is -2.24. The van der Waals surface area contributed by atoms with E-state index in [9.17, 15) is 0 Å². The van der Waals surface area contributed by atoms with Crippen molar-refractivity contribution < 1.29 is 0 Å². The van der Waals surface area contributed by atoms with Crippen LogP contribution in [0.5, 0.6) is 0 Å². The van der Waals surface area contributed by atoms with E-state index in [1.54, 1.807) is 0 Å². The highest BCUT2D eigenvalue weighted by Crippen LogP contribution is 2.32. The van der Waals surface area contributed by atoms with Gasteiger partial charge in [-0.3, -0.25) is 0 Å². The average Bonchev–Trinajstić information content (AvgIpc) is 2.70. The lowest BCUT2D eigenvalue weighted by molar-refractivity contribution is 0.317.